The summed E-state index contributed by atoms with van der Waals surface area (Å²) in [7, 11) is -0.443. The van der Waals surface area contributed by atoms with Crippen LogP contribution in [0.5, 0.6) is 0 Å². The third-order valence-electron chi connectivity index (χ3n) is 6.49. The lowest BCUT2D eigenvalue weighted by molar-refractivity contribution is 0.0600. The number of nitrogens with zero attached hydrogens (tertiary/aromatic N) is 3. The Hall–Kier alpha value is -3.54. The van der Waals surface area contributed by atoms with Crippen LogP contribution in [0.1, 0.15) is 34.3 Å². The fourth-order valence-electron chi connectivity index (χ4n) is 4.32. The molecule has 0 aliphatic carbocycles. The quantitative estimate of drug-likeness (QED) is 0.289. The molecule has 1 aliphatic heterocycles. The average Bonchev–Trinajstić information content (AvgIpc) is 3.41. The summed E-state index contributed by atoms with van der Waals surface area (Å²) in [5, 5.41) is 0. The number of rotatable bonds is 6. The number of likely N-dealkylation sites (tertiary alicyclic amines) is 1. The smallest absolute Gasteiger partial charge is 0.340 e. The molecule has 0 N–H and O–H groups in total. The molecule has 3 aromatic rings. The molecule has 1 saturated heterocycles. The molecule has 1 aliphatic rings. The minimum atomic E-state index is -3.85. The summed E-state index contributed by atoms with van der Waals surface area (Å²) in [6, 6.07) is 18.6. The van der Waals surface area contributed by atoms with E-state index < -0.39 is 16.0 Å². The van der Waals surface area contributed by atoms with Gasteiger partial charge in [0.2, 0.25) is 0 Å². The van der Waals surface area contributed by atoms with E-state index in [4.69, 9.17) is 4.74 Å². The first kappa shape index (κ1) is 25.5. The Bertz CT molecular complexity index is 1360. The molecule has 8 heteroatoms. The van der Waals surface area contributed by atoms with Crippen molar-refractivity contribution >= 4 is 16.0 Å². The Kier molecular flexibility index (Phi) is 7.82. The highest BCUT2D eigenvalue weighted by Crippen LogP contribution is 2.24. The van der Waals surface area contributed by atoms with Crippen LogP contribution in [0.25, 0.3) is 5.69 Å². The summed E-state index contributed by atoms with van der Waals surface area (Å²) in [4.78, 5) is 15.0. The van der Waals surface area contributed by atoms with Gasteiger partial charge in [-0.15, -0.1) is 0 Å². The summed E-state index contributed by atoms with van der Waals surface area (Å²) in [5.41, 5.74) is 2.41. The number of aryl methyl sites for hydroxylation is 1. The van der Waals surface area contributed by atoms with Gasteiger partial charge in [0.15, 0.2) is 0 Å². The molecule has 0 spiro atoms. The number of benzene rings is 2. The first-order chi connectivity index (χ1) is 17.3. The van der Waals surface area contributed by atoms with Gasteiger partial charge in [0.05, 0.1) is 28.8 Å². The molecule has 0 saturated carbocycles. The van der Waals surface area contributed by atoms with Crippen molar-refractivity contribution in [1.29, 1.82) is 0 Å². The van der Waals surface area contributed by atoms with Crippen molar-refractivity contribution < 1.29 is 17.9 Å². The lowest BCUT2D eigenvalue weighted by atomic mass is 9.97. The number of carbonyl (C=O) groups excluding carboxylic acids is 1. The monoisotopic (exact) mass is 505 g/mol. The number of esters is 1. The molecule has 36 heavy (non-hydrogen) atoms. The Morgan fingerprint density at radius 3 is 2.36 bits per heavy atom. The van der Waals surface area contributed by atoms with E-state index in [2.05, 4.69) is 23.9 Å². The normalized spacial score (nSPS) is 14.6. The van der Waals surface area contributed by atoms with E-state index >= 15 is 0 Å². The summed E-state index contributed by atoms with van der Waals surface area (Å²) in [6.07, 6.45) is 5.44. The highest BCUT2D eigenvalue weighted by molar-refractivity contribution is 7.89. The molecule has 7 nitrogen and oxygen atoms in total. The topological polar surface area (TPSA) is 71.8 Å². The molecule has 4 rings (SSSR count). The highest BCUT2D eigenvalue weighted by Gasteiger charge is 2.27. The summed E-state index contributed by atoms with van der Waals surface area (Å²) in [5.74, 6) is 2.79. The largest absolute Gasteiger partial charge is 0.465 e. The second-order valence-electron chi connectivity index (χ2n) is 9.12. The Balaban J connectivity index is 1.77. The first-order valence-electron chi connectivity index (χ1n) is 11.9. The molecule has 1 fully saturated rings. The number of hydrogen-bond acceptors (Lipinski definition) is 5. The average molecular weight is 506 g/mol. The summed E-state index contributed by atoms with van der Waals surface area (Å²) in [6.45, 7) is 4.08. The molecule has 2 aromatic carbocycles. The first-order valence-corrected chi connectivity index (χ1v) is 13.4. The van der Waals surface area contributed by atoms with E-state index in [0.29, 0.717) is 23.4 Å². The van der Waals surface area contributed by atoms with Gasteiger partial charge >= 0.3 is 5.97 Å². The van der Waals surface area contributed by atoms with Crippen LogP contribution in [0.4, 0.5) is 0 Å². The lowest BCUT2D eigenvalue weighted by Crippen LogP contribution is -2.37. The van der Waals surface area contributed by atoms with Crippen LogP contribution < -0.4 is 0 Å². The molecule has 0 amide bonds. The molecule has 0 bridgehead atoms. The van der Waals surface area contributed by atoms with Crippen LogP contribution in [0.15, 0.2) is 71.9 Å². The third-order valence-corrected chi connectivity index (χ3v) is 8.18. The lowest BCUT2D eigenvalue weighted by Gasteiger charge is -2.31. The minimum Gasteiger partial charge on any atom is -0.465 e. The number of carbonyl (C=O) groups is 1. The maximum absolute atomic E-state index is 13.7. The number of ether oxygens (including phenoxy) is 1. The fourth-order valence-corrected chi connectivity index (χ4v) is 5.63. The zero-order valence-electron chi connectivity index (χ0n) is 20.8. The van der Waals surface area contributed by atoms with Gasteiger partial charge in [-0.25, -0.2) is 17.5 Å². The number of aromatic nitrogens is 1. The van der Waals surface area contributed by atoms with Gasteiger partial charge in [0.1, 0.15) is 0 Å². The SMILES string of the molecule is COC(=O)c1cccc(C#CN(CC2CCN(C)CC2)S(=O)(=O)c2ccc(C)cc2)c1-n1cccc1. The predicted octanol–water partition coefficient (Wildman–Crippen LogP) is 3.91. The molecular formula is C28H31N3O4S. The van der Waals surface area contributed by atoms with Gasteiger partial charge in [-0.1, -0.05) is 23.8 Å². The second-order valence-corrected chi connectivity index (χ2v) is 11.0. The van der Waals surface area contributed by atoms with Gasteiger partial charge in [0, 0.05) is 25.0 Å². The molecule has 2 heterocycles. The second kappa shape index (κ2) is 11.0. The molecule has 0 radical (unpaired) electrons. The molecular weight excluding hydrogens is 474 g/mol. The van der Waals surface area contributed by atoms with Crippen molar-refractivity contribution in [2.24, 2.45) is 5.92 Å². The van der Waals surface area contributed by atoms with Crippen LogP contribution in [0.3, 0.4) is 0 Å². The van der Waals surface area contributed by atoms with Crippen LogP contribution in [-0.4, -0.2) is 62.0 Å². The third kappa shape index (κ3) is 5.64. The standard InChI is InChI=1S/C28H31N3O4S/c1-22-9-11-25(12-10-22)36(33,34)31(21-23-13-18-29(2)19-14-23)20-15-24-7-6-8-26(28(32)35-3)27(24)30-16-4-5-17-30/h4-12,16-17,23H,13-14,18-19,21H2,1-3H3. The van der Waals surface area contributed by atoms with Crippen molar-refractivity contribution in [2.75, 3.05) is 33.8 Å². The zero-order valence-corrected chi connectivity index (χ0v) is 21.7. The summed E-state index contributed by atoms with van der Waals surface area (Å²) >= 11 is 0. The van der Waals surface area contributed by atoms with Gasteiger partial charge in [0.25, 0.3) is 10.0 Å². The fraction of sp³-hybridized carbons (Fsp3) is 0.321. The molecule has 0 unspecified atom stereocenters. The van der Waals surface area contributed by atoms with E-state index in [1.807, 2.05) is 31.5 Å². The van der Waals surface area contributed by atoms with Crippen molar-refractivity contribution in [3.05, 3.63) is 83.7 Å². The Labute approximate surface area is 213 Å². The Morgan fingerprint density at radius 2 is 1.72 bits per heavy atom. The van der Waals surface area contributed by atoms with Crippen LogP contribution in [-0.2, 0) is 14.8 Å². The Morgan fingerprint density at radius 1 is 1.06 bits per heavy atom. The van der Waals surface area contributed by atoms with Gasteiger partial charge in [-0.05, 0) is 88.1 Å². The van der Waals surface area contributed by atoms with E-state index in [1.165, 1.54) is 11.4 Å². The van der Waals surface area contributed by atoms with Gasteiger partial charge < -0.3 is 14.2 Å². The molecule has 188 valence electrons. The number of piperidine rings is 1. The van der Waals surface area contributed by atoms with Crippen LogP contribution in [0.2, 0.25) is 0 Å². The van der Waals surface area contributed by atoms with Crippen LogP contribution >= 0.6 is 0 Å². The number of methoxy groups -OCH3 is 1. The van der Waals surface area contributed by atoms with Crippen molar-refractivity contribution in [3.63, 3.8) is 0 Å². The zero-order chi connectivity index (χ0) is 25.7. The van der Waals surface area contributed by atoms with E-state index in [1.54, 1.807) is 47.0 Å². The van der Waals surface area contributed by atoms with E-state index in [-0.39, 0.29) is 10.8 Å². The highest BCUT2D eigenvalue weighted by atomic mass is 32.2. The van der Waals surface area contributed by atoms with Crippen molar-refractivity contribution in [2.45, 2.75) is 24.7 Å². The van der Waals surface area contributed by atoms with E-state index in [0.717, 1.165) is 31.5 Å². The maximum atomic E-state index is 13.7. The number of sulfonamides is 1. The molecule has 0 atom stereocenters. The maximum Gasteiger partial charge on any atom is 0.340 e. The predicted molar refractivity (Wildman–Crippen MR) is 139 cm³/mol. The number of para-hydroxylation sites is 1. The van der Waals surface area contributed by atoms with Crippen molar-refractivity contribution in [3.8, 4) is 17.7 Å². The summed E-state index contributed by atoms with van der Waals surface area (Å²) < 4.78 is 35.4. The van der Waals surface area contributed by atoms with Crippen LogP contribution in [0, 0.1) is 24.8 Å². The minimum absolute atomic E-state index is 0.209. The van der Waals surface area contributed by atoms with Gasteiger partial charge in [-0.2, -0.15) is 0 Å². The van der Waals surface area contributed by atoms with Crippen molar-refractivity contribution in [1.82, 2.24) is 13.8 Å². The van der Waals surface area contributed by atoms with Gasteiger partial charge in [-0.3, -0.25) is 0 Å². The molecule has 1 aromatic heterocycles. The number of hydrogen-bond donors (Lipinski definition) is 0. The van der Waals surface area contributed by atoms with E-state index in [9.17, 15) is 13.2 Å².